The Balaban J connectivity index is 2.31. The van der Waals surface area contributed by atoms with Crippen molar-refractivity contribution < 1.29 is 9.13 Å². The number of halogens is 1. The fourth-order valence-electron chi connectivity index (χ4n) is 1.77. The summed E-state index contributed by atoms with van der Waals surface area (Å²) < 4.78 is 18.4. The highest BCUT2D eigenvalue weighted by molar-refractivity contribution is 5.39. The summed E-state index contributed by atoms with van der Waals surface area (Å²) in [6, 6.07) is 3.28. The molecule has 0 radical (unpaired) electrons. The summed E-state index contributed by atoms with van der Waals surface area (Å²) in [5, 5.41) is 0. The molecule has 2 rings (SSSR count). The highest BCUT2D eigenvalue weighted by Crippen LogP contribution is 2.38. The van der Waals surface area contributed by atoms with Gasteiger partial charge in [0, 0.05) is 11.6 Å². The molecule has 0 unspecified atom stereocenters. The molecule has 2 N–H and O–H groups in total. The molecule has 0 atom stereocenters. The van der Waals surface area contributed by atoms with E-state index in [1.54, 1.807) is 14.0 Å². The quantitative estimate of drug-likeness (QED) is 0.828. The lowest BCUT2D eigenvalue weighted by atomic mass is 10.0. The molecule has 0 aromatic heterocycles. The van der Waals surface area contributed by atoms with E-state index in [2.05, 4.69) is 0 Å². The Bertz CT molecular complexity index is 385. The first-order chi connectivity index (χ1) is 7.04. The summed E-state index contributed by atoms with van der Waals surface area (Å²) in [5.41, 5.74) is 7.63. The van der Waals surface area contributed by atoms with Crippen molar-refractivity contribution in [2.24, 2.45) is 5.73 Å². The van der Waals surface area contributed by atoms with Crippen LogP contribution in [0, 0.1) is 12.7 Å². The summed E-state index contributed by atoms with van der Waals surface area (Å²) in [7, 11) is 1.56. The molecule has 82 valence electrons. The number of aryl methyl sites for hydroxylation is 1. The lowest BCUT2D eigenvalue weighted by Gasteiger charge is -2.13. The van der Waals surface area contributed by atoms with Gasteiger partial charge in [-0.25, -0.2) is 4.39 Å². The maximum Gasteiger partial charge on any atom is 0.129 e. The third kappa shape index (κ3) is 2.12. The van der Waals surface area contributed by atoms with E-state index < -0.39 is 0 Å². The van der Waals surface area contributed by atoms with Gasteiger partial charge < -0.3 is 10.5 Å². The average molecular weight is 209 g/mol. The van der Waals surface area contributed by atoms with Crippen LogP contribution in [-0.2, 0) is 6.42 Å². The normalized spacial score (nSPS) is 17.6. The van der Waals surface area contributed by atoms with Gasteiger partial charge in [-0.05, 0) is 43.4 Å². The number of hydrogen-bond acceptors (Lipinski definition) is 2. The minimum Gasteiger partial charge on any atom is -0.496 e. The first-order valence-electron chi connectivity index (χ1n) is 5.16. The van der Waals surface area contributed by atoms with E-state index in [0.717, 1.165) is 24.8 Å². The molecule has 1 saturated carbocycles. The van der Waals surface area contributed by atoms with E-state index in [1.165, 1.54) is 6.07 Å². The van der Waals surface area contributed by atoms with Crippen molar-refractivity contribution in [1.82, 2.24) is 0 Å². The first-order valence-corrected chi connectivity index (χ1v) is 5.16. The lowest BCUT2D eigenvalue weighted by Crippen LogP contribution is -2.24. The van der Waals surface area contributed by atoms with Crippen molar-refractivity contribution in [3.63, 3.8) is 0 Å². The maximum atomic E-state index is 13.3. The van der Waals surface area contributed by atoms with Gasteiger partial charge in [-0.1, -0.05) is 0 Å². The summed E-state index contributed by atoms with van der Waals surface area (Å²) in [6.45, 7) is 1.76. The number of hydrogen-bond donors (Lipinski definition) is 1. The van der Waals surface area contributed by atoms with E-state index in [-0.39, 0.29) is 11.4 Å². The van der Waals surface area contributed by atoms with Crippen LogP contribution in [0.25, 0.3) is 0 Å². The van der Waals surface area contributed by atoms with Crippen molar-refractivity contribution in [3.05, 3.63) is 29.1 Å². The molecule has 0 spiro atoms. The van der Waals surface area contributed by atoms with Crippen LogP contribution in [0.3, 0.4) is 0 Å². The van der Waals surface area contributed by atoms with E-state index in [1.807, 2.05) is 6.07 Å². The Hall–Kier alpha value is -1.09. The van der Waals surface area contributed by atoms with Crippen LogP contribution < -0.4 is 10.5 Å². The highest BCUT2D eigenvalue weighted by Gasteiger charge is 2.38. The third-order valence-corrected chi connectivity index (χ3v) is 3.00. The van der Waals surface area contributed by atoms with Crippen LogP contribution in [0.4, 0.5) is 4.39 Å². The zero-order valence-electron chi connectivity index (χ0n) is 9.14. The lowest BCUT2D eigenvalue weighted by molar-refractivity contribution is 0.403. The standard InChI is InChI=1S/C12H16FNO/c1-8-5-9(7-12(14)3-4-12)11(15-2)6-10(8)13/h5-6H,3-4,7,14H2,1-2H3. The SMILES string of the molecule is COc1cc(F)c(C)cc1CC1(N)CC1. The second-order valence-electron chi connectivity index (χ2n) is 4.45. The van der Waals surface area contributed by atoms with Gasteiger partial charge in [0.2, 0.25) is 0 Å². The Kier molecular flexibility index (Phi) is 2.43. The minimum atomic E-state index is -0.225. The largest absolute Gasteiger partial charge is 0.496 e. The zero-order chi connectivity index (χ0) is 11.1. The third-order valence-electron chi connectivity index (χ3n) is 3.00. The van der Waals surface area contributed by atoms with Crippen LogP contribution in [0.15, 0.2) is 12.1 Å². The molecule has 0 saturated heterocycles. The predicted octanol–water partition coefficient (Wildman–Crippen LogP) is 2.18. The number of methoxy groups -OCH3 is 1. The summed E-state index contributed by atoms with van der Waals surface area (Å²) in [5.74, 6) is 0.382. The van der Waals surface area contributed by atoms with Crippen LogP contribution in [-0.4, -0.2) is 12.6 Å². The molecule has 2 nitrogen and oxygen atoms in total. The minimum absolute atomic E-state index is 0.0719. The topological polar surface area (TPSA) is 35.2 Å². The van der Waals surface area contributed by atoms with Crippen LogP contribution in [0.1, 0.15) is 24.0 Å². The molecular weight excluding hydrogens is 193 g/mol. The van der Waals surface area contributed by atoms with Gasteiger partial charge in [0.1, 0.15) is 11.6 Å². The molecule has 1 aliphatic carbocycles. The number of benzene rings is 1. The Morgan fingerprint density at radius 2 is 2.13 bits per heavy atom. The van der Waals surface area contributed by atoms with Crippen LogP contribution in [0.5, 0.6) is 5.75 Å². The first kappa shape index (κ1) is 10.4. The fourth-order valence-corrected chi connectivity index (χ4v) is 1.77. The molecule has 0 amide bonds. The van der Waals surface area contributed by atoms with E-state index in [9.17, 15) is 4.39 Å². The Morgan fingerprint density at radius 1 is 1.47 bits per heavy atom. The molecule has 0 heterocycles. The predicted molar refractivity (Wildman–Crippen MR) is 57.5 cm³/mol. The molecule has 0 bridgehead atoms. The molecule has 1 aromatic carbocycles. The second kappa shape index (κ2) is 3.49. The monoisotopic (exact) mass is 209 g/mol. The van der Waals surface area contributed by atoms with E-state index in [4.69, 9.17) is 10.5 Å². The van der Waals surface area contributed by atoms with Crippen molar-refractivity contribution >= 4 is 0 Å². The number of rotatable bonds is 3. The average Bonchev–Trinajstić information content (AvgIpc) is 2.89. The van der Waals surface area contributed by atoms with Gasteiger partial charge in [0.25, 0.3) is 0 Å². The summed E-state index contributed by atoms with van der Waals surface area (Å²) in [6.07, 6.45) is 2.87. The van der Waals surface area contributed by atoms with Crippen molar-refractivity contribution in [2.75, 3.05) is 7.11 Å². The van der Waals surface area contributed by atoms with Gasteiger partial charge in [-0.3, -0.25) is 0 Å². The maximum absolute atomic E-state index is 13.3. The summed E-state index contributed by atoms with van der Waals surface area (Å²) >= 11 is 0. The molecule has 1 aliphatic rings. The Labute approximate surface area is 89.2 Å². The second-order valence-corrected chi connectivity index (χ2v) is 4.45. The number of ether oxygens (including phenoxy) is 1. The van der Waals surface area contributed by atoms with Crippen molar-refractivity contribution in [3.8, 4) is 5.75 Å². The molecule has 1 fully saturated rings. The Morgan fingerprint density at radius 3 is 2.67 bits per heavy atom. The number of nitrogens with two attached hydrogens (primary N) is 1. The highest BCUT2D eigenvalue weighted by atomic mass is 19.1. The van der Waals surface area contributed by atoms with Gasteiger partial charge in [0.05, 0.1) is 7.11 Å². The van der Waals surface area contributed by atoms with Crippen LogP contribution >= 0.6 is 0 Å². The van der Waals surface area contributed by atoms with Gasteiger partial charge in [-0.15, -0.1) is 0 Å². The van der Waals surface area contributed by atoms with Crippen LogP contribution in [0.2, 0.25) is 0 Å². The zero-order valence-corrected chi connectivity index (χ0v) is 9.14. The van der Waals surface area contributed by atoms with E-state index >= 15 is 0 Å². The summed E-state index contributed by atoms with van der Waals surface area (Å²) in [4.78, 5) is 0. The molecule has 0 aliphatic heterocycles. The molecule has 3 heteroatoms. The fraction of sp³-hybridized carbons (Fsp3) is 0.500. The smallest absolute Gasteiger partial charge is 0.129 e. The van der Waals surface area contributed by atoms with Gasteiger partial charge in [0.15, 0.2) is 0 Å². The molecule has 15 heavy (non-hydrogen) atoms. The van der Waals surface area contributed by atoms with Crippen molar-refractivity contribution in [1.29, 1.82) is 0 Å². The van der Waals surface area contributed by atoms with E-state index in [0.29, 0.717) is 11.3 Å². The molecule has 1 aromatic rings. The van der Waals surface area contributed by atoms with Gasteiger partial charge in [-0.2, -0.15) is 0 Å². The molecular formula is C12H16FNO. The van der Waals surface area contributed by atoms with Gasteiger partial charge >= 0.3 is 0 Å². The van der Waals surface area contributed by atoms with Crippen molar-refractivity contribution in [2.45, 2.75) is 31.7 Å².